The highest BCUT2D eigenvalue weighted by atomic mass is 16.3. The first-order chi connectivity index (χ1) is 4.18. The van der Waals surface area contributed by atoms with E-state index in [0.29, 0.717) is 19.3 Å². The summed E-state index contributed by atoms with van der Waals surface area (Å²) in [7, 11) is 0. The summed E-state index contributed by atoms with van der Waals surface area (Å²) in [6, 6.07) is -0.0104. The van der Waals surface area contributed by atoms with Crippen LogP contribution in [0.4, 0.5) is 0 Å². The summed E-state index contributed by atoms with van der Waals surface area (Å²) in [6.07, 6.45) is 0.995. The van der Waals surface area contributed by atoms with Gasteiger partial charge >= 0.3 is 0 Å². The maximum atomic E-state index is 9.01. The van der Waals surface area contributed by atoms with Crippen LogP contribution in [0.2, 0.25) is 0 Å². The van der Waals surface area contributed by atoms with E-state index >= 15 is 0 Å². The fourth-order valence-corrected chi connectivity index (χ4v) is 1.30. The van der Waals surface area contributed by atoms with Crippen LogP contribution in [0.3, 0.4) is 0 Å². The Bertz CT molecular complexity index is 72.0. The Balaban J connectivity index is 2.34. The highest BCUT2D eigenvalue weighted by Crippen LogP contribution is 2.16. The van der Waals surface area contributed by atoms with Gasteiger partial charge in [0.15, 0.2) is 0 Å². The van der Waals surface area contributed by atoms with Crippen LogP contribution in [-0.4, -0.2) is 28.5 Å². The number of hydrogen-bond donors (Lipinski definition) is 3. The van der Waals surface area contributed by atoms with Crippen LogP contribution in [0.1, 0.15) is 19.3 Å². The summed E-state index contributed by atoms with van der Waals surface area (Å²) in [5, 5.41) is 18.0. The van der Waals surface area contributed by atoms with Crippen molar-refractivity contribution >= 4 is 0 Å². The summed E-state index contributed by atoms with van der Waals surface area (Å²) < 4.78 is 0. The van der Waals surface area contributed by atoms with Gasteiger partial charge in [-0.1, -0.05) is 0 Å². The SMILES string of the molecule is N[C@H]1C[C@@H](O)C[C@@H](O)C1. The standard InChI is InChI=1S/C6H13NO2/c7-4-1-5(8)3-6(9)2-4/h4-6,8-9H,1-3,7H2/t4-,5+,6-. The number of hydrogen-bond acceptors (Lipinski definition) is 3. The molecule has 54 valence electrons. The van der Waals surface area contributed by atoms with Gasteiger partial charge in [-0.3, -0.25) is 0 Å². The zero-order valence-corrected chi connectivity index (χ0v) is 5.33. The van der Waals surface area contributed by atoms with Crippen LogP contribution < -0.4 is 5.73 Å². The molecule has 1 aliphatic carbocycles. The molecule has 1 fully saturated rings. The van der Waals surface area contributed by atoms with Gasteiger partial charge in [-0.15, -0.1) is 0 Å². The Morgan fingerprint density at radius 1 is 1.00 bits per heavy atom. The molecule has 0 spiro atoms. The predicted octanol–water partition coefficient (Wildman–Crippen LogP) is -0.781. The number of aliphatic hydroxyl groups is 2. The summed E-state index contributed by atoms with van der Waals surface area (Å²) in [5.41, 5.74) is 5.50. The lowest BCUT2D eigenvalue weighted by Crippen LogP contribution is -2.37. The predicted molar refractivity (Wildman–Crippen MR) is 33.8 cm³/mol. The molecule has 0 bridgehead atoms. The van der Waals surface area contributed by atoms with Crippen LogP contribution in [-0.2, 0) is 0 Å². The van der Waals surface area contributed by atoms with E-state index in [2.05, 4.69) is 0 Å². The first-order valence-electron chi connectivity index (χ1n) is 3.30. The molecule has 0 saturated heterocycles. The average Bonchev–Trinajstić information content (AvgIpc) is 1.59. The third kappa shape index (κ3) is 1.93. The second-order valence-electron chi connectivity index (χ2n) is 2.77. The van der Waals surface area contributed by atoms with Crippen molar-refractivity contribution in [2.24, 2.45) is 5.73 Å². The molecular formula is C6H13NO2. The van der Waals surface area contributed by atoms with Crippen LogP contribution in [0, 0.1) is 0 Å². The Morgan fingerprint density at radius 3 is 1.78 bits per heavy atom. The monoisotopic (exact) mass is 131 g/mol. The molecule has 0 aromatic carbocycles. The van der Waals surface area contributed by atoms with Gasteiger partial charge in [-0.05, 0) is 19.3 Å². The molecule has 1 aliphatic rings. The molecule has 3 nitrogen and oxygen atoms in total. The van der Waals surface area contributed by atoms with Gasteiger partial charge in [-0.2, -0.15) is 0 Å². The molecule has 3 heteroatoms. The molecule has 0 aromatic rings. The van der Waals surface area contributed by atoms with E-state index in [0.717, 1.165) is 0 Å². The highest BCUT2D eigenvalue weighted by molar-refractivity contribution is 4.79. The molecule has 0 amide bonds. The van der Waals surface area contributed by atoms with Crippen molar-refractivity contribution in [3.05, 3.63) is 0 Å². The van der Waals surface area contributed by atoms with E-state index in [4.69, 9.17) is 15.9 Å². The van der Waals surface area contributed by atoms with Crippen molar-refractivity contribution < 1.29 is 10.2 Å². The molecule has 3 atom stereocenters. The molecule has 0 heterocycles. The van der Waals surface area contributed by atoms with Gasteiger partial charge in [0.1, 0.15) is 0 Å². The van der Waals surface area contributed by atoms with Crippen molar-refractivity contribution in [2.75, 3.05) is 0 Å². The van der Waals surface area contributed by atoms with E-state index < -0.39 is 0 Å². The van der Waals surface area contributed by atoms with E-state index in [1.165, 1.54) is 0 Å². The van der Waals surface area contributed by atoms with Gasteiger partial charge in [-0.25, -0.2) is 0 Å². The Labute approximate surface area is 54.5 Å². The van der Waals surface area contributed by atoms with Gasteiger partial charge in [0.25, 0.3) is 0 Å². The van der Waals surface area contributed by atoms with Gasteiger partial charge in [0, 0.05) is 6.04 Å². The molecule has 9 heavy (non-hydrogen) atoms. The molecule has 0 aliphatic heterocycles. The van der Waals surface area contributed by atoms with Crippen LogP contribution in [0.25, 0.3) is 0 Å². The molecular weight excluding hydrogens is 118 g/mol. The van der Waals surface area contributed by atoms with E-state index in [9.17, 15) is 0 Å². The molecule has 0 radical (unpaired) electrons. The van der Waals surface area contributed by atoms with Crippen LogP contribution >= 0.6 is 0 Å². The van der Waals surface area contributed by atoms with Crippen LogP contribution in [0.15, 0.2) is 0 Å². The maximum absolute atomic E-state index is 9.01. The number of nitrogens with two attached hydrogens (primary N) is 1. The molecule has 1 rings (SSSR count). The lowest BCUT2D eigenvalue weighted by molar-refractivity contribution is 0.0320. The summed E-state index contributed by atoms with van der Waals surface area (Å²) in [4.78, 5) is 0. The topological polar surface area (TPSA) is 66.5 Å². The van der Waals surface area contributed by atoms with Crippen molar-refractivity contribution in [1.82, 2.24) is 0 Å². The van der Waals surface area contributed by atoms with Crippen molar-refractivity contribution in [2.45, 2.75) is 37.5 Å². The Hall–Kier alpha value is -0.120. The Kier molecular flexibility index (Phi) is 2.05. The average molecular weight is 131 g/mol. The van der Waals surface area contributed by atoms with E-state index in [1.54, 1.807) is 0 Å². The number of aliphatic hydroxyl groups excluding tert-OH is 2. The Morgan fingerprint density at radius 2 is 1.44 bits per heavy atom. The van der Waals surface area contributed by atoms with Gasteiger partial charge in [0.05, 0.1) is 12.2 Å². The summed E-state index contributed by atoms with van der Waals surface area (Å²) >= 11 is 0. The smallest absolute Gasteiger partial charge is 0.0579 e. The van der Waals surface area contributed by atoms with Crippen molar-refractivity contribution in [3.8, 4) is 0 Å². The van der Waals surface area contributed by atoms with Gasteiger partial charge < -0.3 is 15.9 Å². The normalized spacial score (nSPS) is 45.0. The minimum absolute atomic E-state index is 0.0104. The highest BCUT2D eigenvalue weighted by Gasteiger charge is 2.23. The minimum atomic E-state index is -0.385. The fourth-order valence-electron chi connectivity index (χ4n) is 1.30. The van der Waals surface area contributed by atoms with Crippen LogP contribution in [0.5, 0.6) is 0 Å². The molecule has 0 unspecified atom stereocenters. The van der Waals surface area contributed by atoms with Gasteiger partial charge in [0.2, 0.25) is 0 Å². The van der Waals surface area contributed by atoms with E-state index in [1.807, 2.05) is 0 Å². The van der Waals surface area contributed by atoms with E-state index in [-0.39, 0.29) is 18.2 Å². The fraction of sp³-hybridized carbons (Fsp3) is 1.00. The third-order valence-electron chi connectivity index (χ3n) is 1.69. The minimum Gasteiger partial charge on any atom is -0.393 e. The molecule has 1 saturated carbocycles. The second kappa shape index (κ2) is 2.64. The lowest BCUT2D eigenvalue weighted by Gasteiger charge is -2.26. The molecule has 0 aromatic heterocycles. The number of rotatable bonds is 0. The first kappa shape index (κ1) is 6.99. The zero-order valence-electron chi connectivity index (χ0n) is 5.33. The van der Waals surface area contributed by atoms with Crippen molar-refractivity contribution in [3.63, 3.8) is 0 Å². The first-order valence-corrected chi connectivity index (χ1v) is 3.30. The largest absolute Gasteiger partial charge is 0.393 e. The lowest BCUT2D eigenvalue weighted by atomic mass is 9.91. The second-order valence-corrected chi connectivity index (χ2v) is 2.77. The maximum Gasteiger partial charge on any atom is 0.0579 e. The third-order valence-corrected chi connectivity index (χ3v) is 1.69. The zero-order chi connectivity index (χ0) is 6.85. The molecule has 4 N–H and O–H groups in total. The van der Waals surface area contributed by atoms with Crippen molar-refractivity contribution in [1.29, 1.82) is 0 Å². The summed E-state index contributed by atoms with van der Waals surface area (Å²) in [5.74, 6) is 0. The summed E-state index contributed by atoms with van der Waals surface area (Å²) in [6.45, 7) is 0. The quantitative estimate of drug-likeness (QED) is 0.404.